The van der Waals surface area contributed by atoms with Crippen molar-refractivity contribution in [3.05, 3.63) is 53.8 Å². The van der Waals surface area contributed by atoms with Gasteiger partial charge < -0.3 is 4.42 Å². The van der Waals surface area contributed by atoms with Gasteiger partial charge in [-0.3, -0.25) is 0 Å². The fraction of sp³-hybridized carbons (Fsp3) is 0.389. The van der Waals surface area contributed by atoms with Gasteiger partial charge in [-0.25, -0.2) is 14.6 Å². The van der Waals surface area contributed by atoms with Crippen molar-refractivity contribution in [2.75, 3.05) is 0 Å². The molecule has 0 atom stereocenters. The van der Waals surface area contributed by atoms with E-state index in [2.05, 4.69) is 36.2 Å². The molecule has 1 aliphatic carbocycles. The Balaban J connectivity index is 1.81. The largest absolute Gasteiger partial charge is 0.440 e. The molecule has 0 radical (unpaired) electrons. The lowest BCUT2D eigenvalue weighted by Gasteiger charge is -2.11. The number of oxazole rings is 1. The highest BCUT2D eigenvalue weighted by Crippen LogP contribution is 2.52. The Labute approximate surface area is 135 Å². The summed E-state index contributed by atoms with van der Waals surface area (Å²) in [4.78, 5) is 9.05. The predicted molar refractivity (Wildman–Crippen MR) is 87.0 cm³/mol. The highest BCUT2D eigenvalue weighted by atomic mass is 16.3. The van der Waals surface area contributed by atoms with E-state index in [1.165, 1.54) is 12.0 Å². The standard InChI is InChI=1S/C18H20N4O/c1-3-11-22-16(15-13(2)19-12-23-15)20-17(21-22)18(9-10-18)14-7-5-4-6-8-14/h4-8,12H,3,9-11H2,1-2H3. The number of aromatic nitrogens is 4. The van der Waals surface area contributed by atoms with Crippen molar-refractivity contribution in [3.63, 3.8) is 0 Å². The maximum Gasteiger partial charge on any atom is 0.196 e. The van der Waals surface area contributed by atoms with E-state index >= 15 is 0 Å². The second-order valence-electron chi connectivity index (χ2n) is 6.20. The fourth-order valence-electron chi connectivity index (χ4n) is 3.12. The number of benzene rings is 1. The van der Waals surface area contributed by atoms with Crippen LogP contribution in [0.3, 0.4) is 0 Å². The average Bonchev–Trinajstić information content (AvgIpc) is 3.12. The quantitative estimate of drug-likeness (QED) is 0.720. The molecule has 118 valence electrons. The van der Waals surface area contributed by atoms with Crippen LogP contribution >= 0.6 is 0 Å². The van der Waals surface area contributed by atoms with Gasteiger partial charge in [0.05, 0.1) is 11.1 Å². The second kappa shape index (κ2) is 5.33. The van der Waals surface area contributed by atoms with E-state index in [0.717, 1.165) is 48.9 Å². The SMILES string of the molecule is CCCn1nc(C2(c3ccccc3)CC2)nc1-c1ocnc1C. The lowest BCUT2D eigenvalue weighted by atomic mass is 9.95. The lowest BCUT2D eigenvalue weighted by Crippen LogP contribution is -2.11. The molecule has 0 spiro atoms. The molecular formula is C18H20N4O. The van der Waals surface area contributed by atoms with Crippen LogP contribution in [-0.2, 0) is 12.0 Å². The molecule has 2 aromatic heterocycles. The fourth-order valence-corrected chi connectivity index (χ4v) is 3.12. The van der Waals surface area contributed by atoms with Gasteiger partial charge in [-0.2, -0.15) is 5.10 Å². The molecule has 5 nitrogen and oxygen atoms in total. The lowest BCUT2D eigenvalue weighted by molar-refractivity contribution is 0.543. The second-order valence-corrected chi connectivity index (χ2v) is 6.20. The molecule has 1 aliphatic rings. The van der Waals surface area contributed by atoms with Crippen LogP contribution in [0.25, 0.3) is 11.6 Å². The van der Waals surface area contributed by atoms with E-state index < -0.39 is 0 Å². The number of rotatable bonds is 5. The van der Waals surface area contributed by atoms with Crippen LogP contribution in [-0.4, -0.2) is 19.7 Å². The maximum atomic E-state index is 5.56. The zero-order valence-corrected chi connectivity index (χ0v) is 13.5. The summed E-state index contributed by atoms with van der Waals surface area (Å²) in [5.74, 6) is 2.42. The van der Waals surface area contributed by atoms with Crippen molar-refractivity contribution in [1.82, 2.24) is 19.7 Å². The molecule has 4 rings (SSSR count). The van der Waals surface area contributed by atoms with Crippen LogP contribution in [0.1, 0.15) is 43.3 Å². The molecule has 2 heterocycles. The summed E-state index contributed by atoms with van der Waals surface area (Å²) in [5.41, 5.74) is 2.13. The average molecular weight is 308 g/mol. The van der Waals surface area contributed by atoms with Gasteiger partial charge in [0.15, 0.2) is 23.8 Å². The first-order chi connectivity index (χ1) is 11.2. The van der Waals surface area contributed by atoms with E-state index in [9.17, 15) is 0 Å². The zero-order chi connectivity index (χ0) is 15.9. The number of aryl methyl sites for hydroxylation is 2. The van der Waals surface area contributed by atoms with E-state index in [1.807, 2.05) is 17.7 Å². The van der Waals surface area contributed by atoms with Gasteiger partial charge in [0.2, 0.25) is 0 Å². The summed E-state index contributed by atoms with van der Waals surface area (Å²) in [7, 11) is 0. The molecular weight excluding hydrogens is 288 g/mol. The molecule has 0 unspecified atom stereocenters. The Morgan fingerprint density at radius 3 is 2.61 bits per heavy atom. The highest BCUT2D eigenvalue weighted by molar-refractivity contribution is 5.51. The minimum atomic E-state index is -0.0249. The Morgan fingerprint density at radius 1 is 1.22 bits per heavy atom. The zero-order valence-electron chi connectivity index (χ0n) is 13.5. The predicted octanol–water partition coefficient (Wildman–Crippen LogP) is 3.73. The molecule has 0 bridgehead atoms. The number of hydrogen-bond acceptors (Lipinski definition) is 4. The van der Waals surface area contributed by atoms with Crippen LogP contribution in [0, 0.1) is 6.92 Å². The van der Waals surface area contributed by atoms with Gasteiger partial charge >= 0.3 is 0 Å². The molecule has 0 aliphatic heterocycles. The normalized spacial score (nSPS) is 15.7. The van der Waals surface area contributed by atoms with Gasteiger partial charge in [-0.1, -0.05) is 37.3 Å². The van der Waals surface area contributed by atoms with Crippen molar-refractivity contribution < 1.29 is 4.42 Å². The molecule has 0 amide bonds. The van der Waals surface area contributed by atoms with Crippen LogP contribution in [0.2, 0.25) is 0 Å². The summed E-state index contributed by atoms with van der Waals surface area (Å²) in [6.07, 6.45) is 4.67. The Hall–Kier alpha value is -2.43. The van der Waals surface area contributed by atoms with Gasteiger partial charge in [0.25, 0.3) is 0 Å². The first-order valence-corrected chi connectivity index (χ1v) is 8.16. The first-order valence-electron chi connectivity index (χ1n) is 8.16. The summed E-state index contributed by atoms with van der Waals surface area (Å²) in [5, 5.41) is 4.83. The molecule has 1 fully saturated rings. The van der Waals surface area contributed by atoms with E-state index in [-0.39, 0.29) is 5.41 Å². The molecule has 1 saturated carbocycles. The molecule has 3 aromatic rings. The van der Waals surface area contributed by atoms with Crippen LogP contribution < -0.4 is 0 Å². The monoisotopic (exact) mass is 308 g/mol. The van der Waals surface area contributed by atoms with Crippen molar-refractivity contribution in [2.45, 2.75) is 45.1 Å². The van der Waals surface area contributed by atoms with Crippen LogP contribution in [0.4, 0.5) is 0 Å². The van der Waals surface area contributed by atoms with Crippen molar-refractivity contribution in [3.8, 4) is 11.6 Å². The van der Waals surface area contributed by atoms with Gasteiger partial charge in [-0.15, -0.1) is 0 Å². The highest BCUT2D eigenvalue weighted by Gasteiger charge is 2.49. The van der Waals surface area contributed by atoms with Crippen molar-refractivity contribution >= 4 is 0 Å². The van der Waals surface area contributed by atoms with Gasteiger partial charge in [0, 0.05) is 6.54 Å². The molecule has 0 saturated heterocycles. The van der Waals surface area contributed by atoms with Crippen LogP contribution in [0.5, 0.6) is 0 Å². The minimum Gasteiger partial charge on any atom is -0.440 e. The molecule has 0 N–H and O–H groups in total. The summed E-state index contributed by atoms with van der Waals surface area (Å²) < 4.78 is 7.52. The number of nitrogens with zero attached hydrogens (tertiary/aromatic N) is 4. The Kier molecular flexibility index (Phi) is 3.29. The smallest absolute Gasteiger partial charge is 0.196 e. The topological polar surface area (TPSA) is 56.7 Å². The molecule has 23 heavy (non-hydrogen) atoms. The third kappa shape index (κ3) is 2.27. The van der Waals surface area contributed by atoms with Crippen LogP contribution in [0.15, 0.2) is 41.1 Å². The molecule has 5 heteroatoms. The van der Waals surface area contributed by atoms with E-state index in [0.29, 0.717) is 0 Å². The van der Waals surface area contributed by atoms with Gasteiger partial charge in [-0.05, 0) is 31.7 Å². The summed E-state index contributed by atoms with van der Waals surface area (Å²) >= 11 is 0. The summed E-state index contributed by atoms with van der Waals surface area (Å²) in [6.45, 7) is 4.91. The van der Waals surface area contributed by atoms with E-state index in [1.54, 1.807) is 0 Å². The minimum absolute atomic E-state index is 0.0249. The maximum absolute atomic E-state index is 5.56. The Bertz CT molecular complexity index is 815. The van der Waals surface area contributed by atoms with Crippen molar-refractivity contribution in [2.24, 2.45) is 0 Å². The third-order valence-corrected chi connectivity index (χ3v) is 4.56. The number of hydrogen-bond donors (Lipinski definition) is 0. The Morgan fingerprint density at radius 2 is 2.00 bits per heavy atom. The third-order valence-electron chi connectivity index (χ3n) is 4.56. The van der Waals surface area contributed by atoms with Gasteiger partial charge in [0.1, 0.15) is 0 Å². The first kappa shape index (κ1) is 14.2. The molecule has 1 aromatic carbocycles. The van der Waals surface area contributed by atoms with E-state index in [4.69, 9.17) is 14.5 Å². The van der Waals surface area contributed by atoms with Crippen molar-refractivity contribution in [1.29, 1.82) is 0 Å². The summed E-state index contributed by atoms with van der Waals surface area (Å²) in [6, 6.07) is 10.6.